The van der Waals surface area contributed by atoms with Gasteiger partial charge in [0, 0.05) is 38.2 Å². The van der Waals surface area contributed by atoms with Crippen molar-refractivity contribution in [2.75, 3.05) is 40.0 Å². The number of likely N-dealkylation sites (tertiary alicyclic amines) is 1. The number of fused-ring (bicyclic) bond motifs is 1. The monoisotopic (exact) mass is 407 g/mol. The average Bonchev–Trinajstić information content (AvgIpc) is 3.42. The van der Waals surface area contributed by atoms with E-state index in [2.05, 4.69) is 27.2 Å². The Hall–Kier alpha value is -2.90. The third-order valence-corrected chi connectivity index (χ3v) is 5.69. The molecule has 2 aliphatic rings. The molecular formula is C23H25N3O4. The first kappa shape index (κ1) is 19.1. The molecule has 0 saturated carbocycles. The van der Waals surface area contributed by atoms with E-state index in [-0.39, 0.29) is 5.92 Å². The van der Waals surface area contributed by atoms with Gasteiger partial charge in [-0.15, -0.1) is 10.2 Å². The second-order valence-corrected chi connectivity index (χ2v) is 7.81. The normalized spacial score (nSPS) is 21.1. The third kappa shape index (κ3) is 3.91. The molecule has 3 aromatic rings. The highest BCUT2D eigenvalue weighted by molar-refractivity contribution is 5.51. The first-order valence-electron chi connectivity index (χ1n) is 10.3. The van der Waals surface area contributed by atoms with Crippen molar-refractivity contribution in [1.29, 1.82) is 0 Å². The maximum atomic E-state index is 6.06. The molecule has 2 atom stereocenters. The molecule has 1 fully saturated rings. The summed E-state index contributed by atoms with van der Waals surface area (Å²) in [7, 11) is 1.74. The summed E-state index contributed by atoms with van der Waals surface area (Å²) in [6.45, 7) is 4.44. The molecule has 0 aliphatic carbocycles. The fourth-order valence-corrected chi connectivity index (χ4v) is 4.28. The summed E-state index contributed by atoms with van der Waals surface area (Å²) in [6, 6.07) is 16.0. The van der Waals surface area contributed by atoms with E-state index in [1.54, 1.807) is 7.11 Å². The van der Waals surface area contributed by atoms with Gasteiger partial charge in [-0.2, -0.15) is 0 Å². The van der Waals surface area contributed by atoms with Gasteiger partial charge in [-0.25, -0.2) is 0 Å². The van der Waals surface area contributed by atoms with Crippen LogP contribution in [0.1, 0.15) is 17.4 Å². The highest BCUT2D eigenvalue weighted by atomic mass is 16.6. The molecule has 0 spiro atoms. The quantitative estimate of drug-likeness (QED) is 0.620. The molecule has 5 rings (SSSR count). The lowest BCUT2D eigenvalue weighted by atomic mass is 9.97. The number of methoxy groups -OCH3 is 1. The van der Waals surface area contributed by atoms with Crippen LogP contribution in [0.2, 0.25) is 0 Å². The number of hydrogen-bond acceptors (Lipinski definition) is 7. The summed E-state index contributed by atoms with van der Waals surface area (Å²) in [5, 5.41) is 8.65. The van der Waals surface area contributed by atoms with Crippen molar-refractivity contribution in [2.45, 2.75) is 12.5 Å². The van der Waals surface area contributed by atoms with Gasteiger partial charge in [-0.1, -0.05) is 24.3 Å². The number of ether oxygens (including phenoxy) is 3. The zero-order valence-electron chi connectivity index (χ0n) is 17.0. The van der Waals surface area contributed by atoms with Crippen LogP contribution in [0.3, 0.4) is 0 Å². The summed E-state index contributed by atoms with van der Waals surface area (Å²) in [5.74, 6) is 3.34. The third-order valence-electron chi connectivity index (χ3n) is 5.69. The lowest BCUT2D eigenvalue weighted by Gasteiger charge is -2.21. The Morgan fingerprint density at radius 2 is 1.83 bits per heavy atom. The molecule has 0 radical (unpaired) electrons. The van der Waals surface area contributed by atoms with E-state index in [0.29, 0.717) is 37.5 Å². The van der Waals surface area contributed by atoms with Crippen molar-refractivity contribution in [3.8, 4) is 23.0 Å². The van der Waals surface area contributed by atoms with Crippen LogP contribution < -0.4 is 9.47 Å². The molecule has 0 N–H and O–H groups in total. The summed E-state index contributed by atoms with van der Waals surface area (Å²) >= 11 is 0. The number of aromatic nitrogens is 2. The van der Waals surface area contributed by atoms with Gasteiger partial charge in [-0.3, -0.25) is 4.90 Å². The van der Waals surface area contributed by atoms with Crippen LogP contribution in [0.5, 0.6) is 11.5 Å². The smallest absolute Gasteiger partial charge is 0.247 e. The van der Waals surface area contributed by atoms with E-state index >= 15 is 0 Å². The Morgan fingerprint density at radius 3 is 2.67 bits per heavy atom. The fourth-order valence-electron chi connectivity index (χ4n) is 4.28. The summed E-state index contributed by atoms with van der Waals surface area (Å²) in [4.78, 5) is 2.41. The first-order chi connectivity index (χ1) is 14.8. The van der Waals surface area contributed by atoms with Crippen molar-refractivity contribution in [1.82, 2.24) is 15.1 Å². The summed E-state index contributed by atoms with van der Waals surface area (Å²) < 4.78 is 22.9. The molecule has 1 saturated heterocycles. The predicted octanol–water partition coefficient (Wildman–Crippen LogP) is 3.37. The van der Waals surface area contributed by atoms with Crippen LogP contribution in [0.25, 0.3) is 11.5 Å². The maximum Gasteiger partial charge on any atom is 0.247 e. The van der Waals surface area contributed by atoms with Crippen LogP contribution in [0.4, 0.5) is 0 Å². The SMILES string of the molecule is COCC1CN(Cc2ccc3c(c2)OCCO3)CC1c1nnc(-c2ccccc2)o1. The van der Waals surface area contributed by atoms with E-state index in [9.17, 15) is 0 Å². The molecule has 7 heteroatoms. The Bertz CT molecular complexity index is 991. The number of hydrogen-bond donors (Lipinski definition) is 0. The minimum atomic E-state index is 0.145. The van der Waals surface area contributed by atoms with Crippen molar-refractivity contribution in [2.24, 2.45) is 5.92 Å². The fraction of sp³-hybridized carbons (Fsp3) is 0.391. The van der Waals surface area contributed by atoms with E-state index < -0.39 is 0 Å². The Kier molecular flexibility index (Phi) is 5.38. The number of rotatable bonds is 6. The Morgan fingerprint density at radius 1 is 1.00 bits per heavy atom. The molecule has 2 unspecified atom stereocenters. The molecule has 3 heterocycles. The first-order valence-corrected chi connectivity index (χ1v) is 10.3. The summed E-state index contributed by atoms with van der Waals surface area (Å²) in [5.41, 5.74) is 2.14. The lowest BCUT2D eigenvalue weighted by Crippen LogP contribution is -2.21. The lowest BCUT2D eigenvalue weighted by molar-refractivity contribution is 0.143. The van der Waals surface area contributed by atoms with Gasteiger partial charge in [0.1, 0.15) is 13.2 Å². The van der Waals surface area contributed by atoms with Crippen LogP contribution >= 0.6 is 0 Å². The summed E-state index contributed by atoms with van der Waals surface area (Å²) in [6.07, 6.45) is 0. The van der Waals surface area contributed by atoms with Crippen molar-refractivity contribution in [3.63, 3.8) is 0 Å². The van der Waals surface area contributed by atoms with Crippen molar-refractivity contribution >= 4 is 0 Å². The Balaban J connectivity index is 1.32. The van der Waals surface area contributed by atoms with Gasteiger partial charge in [0.2, 0.25) is 11.8 Å². The highest BCUT2D eigenvalue weighted by Crippen LogP contribution is 2.36. The topological polar surface area (TPSA) is 69.9 Å². The van der Waals surface area contributed by atoms with Crippen LogP contribution in [-0.4, -0.2) is 55.1 Å². The second-order valence-electron chi connectivity index (χ2n) is 7.81. The minimum absolute atomic E-state index is 0.145. The van der Waals surface area contributed by atoms with E-state index in [1.165, 1.54) is 5.56 Å². The zero-order valence-corrected chi connectivity index (χ0v) is 17.0. The second kappa shape index (κ2) is 8.45. The van der Waals surface area contributed by atoms with Gasteiger partial charge >= 0.3 is 0 Å². The molecular weight excluding hydrogens is 382 g/mol. The Labute approximate surface area is 175 Å². The highest BCUT2D eigenvalue weighted by Gasteiger charge is 2.37. The minimum Gasteiger partial charge on any atom is -0.486 e. The molecule has 7 nitrogen and oxygen atoms in total. The van der Waals surface area contributed by atoms with Gasteiger partial charge in [-0.05, 0) is 29.8 Å². The molecule has 1 aromatic heterocycles. The van der Waals surface area contributed by atoms with E-state index in [1.807, 2.05) is 36.4 Å². The molecule has 30 heavy (non-hydrogen) atoms. The standard InChI is InChI=1S/C23H25N3O4/c1-27-15-18-13-26(12-16-7-8-20-21(11-16)29-10-9-28-20)14-19(18)23-25-24-22(30-23)17-5-3-2-4-6-17/h2-8,11,18-19H,9-10,12-15H2,1H3. The van der Waals surface area contributed by atoms with Crippen LogP contribution in [0.15, 0.2) is 52.9 Å². The van der Waals surface area contributed by atoms with Crippen LogP contribution in [-0.2, 0) is 11.3 Å². The van der Waals surface area contributed by atoms with E-state index in [4.69, 9.17) is 18.6 Å². The largest absolute Gasteiger partial charge is 0.486 e. The molecule has 0 bridgehead atoms. The van der Waals surface area contributed by atoms with Gasteiger partial charge in [0.15, 0.2) is 11.5 Å². The van der Waals surface area contributed by atoms with Gasteiger partial charge in [0.05, 0.1) is 12.5 Å². The predicted molar refractivity (Wildman–Crippen MR) is 111 cm³/mol. The molecule has 156 valence electrons. The number of nitrogens with zero attached hydrogens (tertiary/aromatic N) is 3. The average molecular weight is 407 g/mol. The molecule has 0 amide bonds. The maximum absolute atomic E-state index is 6.06. The zero-order chi connectivity index (χ0) is 20.3. The van der Waals surface area contributed by atoms with Crippen molar-refractivity contribution in [3.05, 3.63) is 60.0 Å². The van der Waals surface area contributed by atoms with Crippen LogP contribution in [0, 0.1) is 5.92 Å². The van der Waals surface area contributed by atoms with Crippen molar-refractivity contribution < 1.29 is 18.6 Å². The molecule has 2 aromatic carbocycles. The van der Waals surface area contributed by atoms with Gasteiger partial charge in [0.25, 0.3) is 0 Å². The molecule has 2 aliphatic heterocycles. The van der Waals surface area contributed by atoms with E-state index in [0.717, 1.165) is 36.7 Å². The number of benzene rings is 2. The van der Waals surface area contributed by atoms with Gasteiger partial charge < -0.3 is 18.6 Å².